The highest BCUT2D eigenvalue weighted by Gasteiger charge is 2.32. The molecule has 0 aromatic carbocycles. The molecule has 1 fully saturated rings. The molecular weight excluding hydrogens is 208 g/mol. The van der Waals surface area contributed by atoms with Crippen LogP contribution >= 0.6 is 11.3 Å². The van der Waals surface area contributed by atoms with Crippen molar-refractivity contribution in [2.24, 2.45) is 5.73 Å². The van der Waals surface area contributed by atoms with Crippen LogP contribution in [0.1, 0.15) is 31.4 Å². The van der Waals surface area contributed by atoms with Crippen LogP contribution in [0.25, 0.3) is 0 Å². The van der Waals surface area contributed by atoms with Crippen molar-refractivity contribution >= 4 is 17.2 Å². The maximum absolute atomic E-state index is 11.5. The van der Waals surface area contributed by atoms with Gasteiger partial charge in [-0.1, -0.05) is 0 Å². The van der Waals surface area contributed by atoms with Crippen LogP contribution in [0.15, 0.2) is 16.8 Å². The molecule has 1 aliphatic rings. The molecule has 0 unspecified atom stereocenters. The number of amides is 1. The van der Waals surface area contributed by atoms with E-state index in [4.69, 9.17) is 5.73 Å². The van der Waals surface area contributed by atoms with E-state index in [2.05, 4.69) is 11.8 Å². The van der Waals surface area contributed by atoms with Gasteiger partial charge in [0.15, 0.2) is 0 Å². The van der Waals surface area contributed by atoms with E-state index < -0.39 is 0 Å². The highest BCUT2D eigenvalue weighted by Crippen LogP contribution is 2.30. The van der Waals surface area contributed by atoms with E-state index in [0.29, 0.717) is 6.04 Å². The smallest absolute Gasteiger partial charge is 0.239 e. The van der Waals surface area contributed by atoms with Crippen LogP contribution in [0.3, 0.4) is 0 Å². The summed E-state index contributed by atoms with van der Waals surface area (Å²) in [6.07, 6.45) is 2.32. The van der Waals surface area contributed by atoms with Crippen molar-refractivity contribution in [3.05, 3.63) is 22.4 Å². The average molecular weight is 224 g/mol. The summed E-state index contributed by atoms with van der Waals surface area (Å²) in [5.41, 5.74) is 6.54. The van der Waals surface area contributed by atoms with Crippen LogP contribution in [0.5, 0.6) is 0 Å². The predicted octanol–water partition coefficient (Wildman–Crippen LogP) is 1.76. The highest BCUT2D eigenvalue weighted by molar-refractivity contribution is 7.08. The van der Waals surface area contributed by atoms with Gasteiger partial charge in [0.1, 0.15) is 6.04 Å². The Morgan fingerprint density at radius 1 is 1.73 bits per heavy atom. The first-order valence-electron chi connectivity index (χ1n) is 5.27. The molecule has 3 nitrogen and oxygen atoms in total. The minimum absolute atomic E-state index is 0.228. The molecule has 1 aromatic heterocycles. The lowest BCUT2D eigenvalue weighted by molar-refractivity contribution is -0.123. The van der Waals surface area contributed by atoms with Crippen molar-refractivity contribution in [1.29, 1.82) is 0 Å². The second kappa shape index (κ2) is 4.33. The molecule has 2 heterocycles. The van der Waals surface area contributed by atoms with Crippen molar-refractivity contribution in [2.75, 3.05) is 6.54 Å². The Hall–Kier alpha value is -0.870. The predicted molar refractivity (Wildman–Crippen MR) is 61.7 cm³/mol. The largest absolute Gasteiger partial charge is 0.368 e. The summed E-state index contributed by atoms with van der Waals surface area (Å²) in [6.45, 7) is 3.14. The summed E-state index contributed by atoms with van der Waals surface area (Å²) in [5, 5.41) is 4.01. The molecule has 1 aliphatic heterocycles. The van der Waals surface area contributed by atoms with Gasteiger partial charge >= 0.3 is 0 Å². The number of hydrogen-bond donors (Lipinski definition) is 1. The van der Waals surface area contributed by atoms with Gasteiger partial charge in [0, 0.05) is 6.04 Å². The highest BCUT2D eigenvalue weighted by atomic mass is 32.1. The summed E-state index contributed by atoms with van der Waals surface area (Å²) in [4.78, 5) is 13.7. The van der Waals surface area contributed by atoms with Crippen molar-refractivity contribution in [2.45, 2.75) is 31.8 Å². The van der Waals surface area contributed by atoms with Crippen molar-refractivity contribution in [3.8, 4) is 0 Å². The van der Waals surface area contributed by atoms with Gasteiger partial charge in [0.25, 0.3) is 0 Å². The van der Waals surface area contributed by atoms with Gasteiger partial charge in [0.2, 0.25) is 5.91 Å². The maximum Gasteiger partial charge on any atom is 0.239 e. The summed E-state index contributed by atoms with van der Waals surface area (Å²) in [6, 6.07) is 2.22. The van der Waals surface area contributed by atoms with Gasteiger partial charge in [-0.2, -0.15) is 11.3 Å². The maximum atomic E-state index is 11.5. The fraction of sp³-hybridized carbons (Fsp3) is 0.545. The van der Waals surface area contributed by atoms with Crippen LogP contribution in [-0.4, -0.2) is 23.4 Å². The third-order valence-corrected chi connectivity index (χ3v) is 3.77. The van der Waals surface area contributed by atoms with Crippen molar-refractivity contribution in [3.63, 3.8) is 0 Å². The molecule has 0 bridgehead atoms. The lowest BCUT2D eigenvalue weighted by atomic mass is 10.1. The van der Waals surface area contributed by atoms with Gasteiger partial charge in [-0.25, -0.2) is 0 Å². The van der Waals surface area contributed by atoms with Crippen LogP contribution in [0, 0.1) is 0 Å². The molecule has 4 heteroatoms. The first kappa shape index (κ1) is 10.6. The van der Waals surface area contributed by atoms with Gasteiger partial charge < -0.3 is 5.73 Å². The number of hydrogen-bond acceptors (Lipinski definition) is 3. The normalized spacial score (nSPS) is 24.2. The average Bonchev–Trinajstić information content (AvgIpc) is 2.79. The molecule has 15 heavy (non-hydrogen) atoms. The number of carbonyl (C=O) groups is 1. The fourth-order valence-electron chi connectivity index (χ4n) is 2.29. The van der Waals surface area contributed by atoms with Crippen molar-refractivity contribution in [1.82, 2.24) is 4.90 Å². The number of thiophene rings is 1. The zero-order valence-corrected chi connectivity index (χ0v) is 9.67. The molecule has 0 saturated carbocycles. The molecule has 2 atom stereocenters. The van der Waals surface area contributed by atoms with E-state index in [9.17, 15) is 4.79 Å². The quantitative estimate of drug-likeness (QED) is 0.850. The first-order chi connectivity index (χ1) is 7.20. The number of primary amides is 1. The van der Waals surface area contributed by atoms with Crippen molar-refractivity contribution < 1.29 is 4.79 Å². The second-order valence-corrected chi connectivity index (χ2v) is 4.87. The van der Waals surface area contributed by atoms with Gasteiger partial charge in [-0.3, -0.25) is 9.69 Å². The summed E-state index contributed by atoms with van der Waals surface area (Å²) >= 11 is 1.61. The number of nitrogens with zero attached hydrogens (tertiary/aromatic N) is 1. The Morgan fingerprint density at radius 3 is 3.00 bits per heavy atom. The van der Waals surface area contributed by atoms with Crippen LogP contribution < -0.4 is 5.73 Å². The number of nitrogens with two attached hydrogens (primary N) is 1. The number of carbonyl (C=O) groups excluding carboxylic acids is 1. The standard InChI is InChI=1S/C11H16N2OS/c1-8-3-2-5-13(8)10(11(12)14)9-4-6-15-7-9/h4,6-8,10H,2-3,5H2,1H3,(H2,12,14)/t8-,10-/m0/s1. The summed E-state index contributed by atoms with van der Waals surface area (Å²) in [7, 11) is 0. The van der Waals surface area contributed by atoms with Gasteiger partial charge in [-0.05, 0) is 48.7 Å². The second-order valence-electron chi connectivity index (χ2n) is 4.09. The van der Waals surface area contributed by atoms with Crippen LogP contribution in [0.2, 0.25) is 0 Å². The topological polar surface area (TPSA) is 46.3 Å². The van der Waals surface area contributed by atoms with E-state index in [-0.39, 0.29) is 11.9 Å². The monoisotopic (exact) mass is 224 g/mol. The van der Waals surface area contributed by atoms with E-state index in [1.54, 1.807) is 11.3 Å². The Labute approximate surface area is 93.9 Å². The minimum Gasteiger partial charge on any atom is -0.368 e. The van der Waals surface area contributed by atoms with E-state index in [0.717, 1.165) is 24.9 Å². The molecule has 82 valence electrons. The Balaban J connectivity index is 2.24. The first-order valence-corrected chi connectivity index (χ1v) is 6.21. The molecule has 0 spiro atoms. The van der Waals surface area contributed by atoms with Crippen LogP contribution in [0.4, 0.5) is 0 Å². The Bertz CT molecular complexity index is 336. The third kappa shape index (κ3) is 2.06. The lowest BCUT2D eigenvalue weighted by Crippen LogP contribution is -2.39. The number of rotatable bonds is 3. The molecule has 0 aliphatic carbocycles. The molecule has 2 N–H and O–H groups in total. The molecule has 1 aromatic rings. The third-order valence-electron chi connectivity index (χ3n) is 3.06. The lowest BCUT2D eigenvalue weighted by Gasteiger charge is -2.28. The summed E-state index contributed by atoms with van der Waals surface area (Å²) in [5.74, 6) is -0.234. The SMILES string of the molecule is C[C@H]1CCCN1[C@H](C(N)=O)c1ccsc1. The Kier molecular flexibility index (Phi) is 3.07. The Morgan fingerprint density at radius 2 is 2.53 bits per heavy atom. The molecule has 1 amide bonds. The number of likely N-dealkylation sites (tertiary alicyclic amines) is 1. The zero-order valence-electron chi connectivity index (χ0n) is 8.85. The molecule has 2 rings (SSSR count). The van der Waals surface area contributed by atoms with Gasteiger partial charge in [0.05, 0.1) is 0 Å². The fourth-order valence-corrected chi connectivity index (χ4v) is 2.97. The molecular formula is C11H16N2OS. The summed E-state index contributed by atoms with van der Waals surface area (Å²) < 4.78 is 0. The minimum atomic E-state index is -0.234. The zero-order chi connectivity index (χ0) is 10.8. The molecule has 0 radical (unpaired) electrons. The molecule has 1 saturated heterocycles. The van der Waals surface area contributed by atoms with Crippen LogP contribution in [-0.2, 0) is 4.79 Å². The van der Waals surface area contributed by atoms with Gasteiger partial charge in [-0.15, -0.1) is 0 Å². The van der Waals surface area contributed by atoms with E-state index >= 15 is 0 Å². The van der Waals surface area contributed by atoms with E-state index in [1.807, 2.05) is 16.8 Å². The van der Waals surface area contributed by atoms with E-state index in [1.165, 1.54) is 0 Å².